The largest absolute Gasteiger partial charge is 0.496 e. The van der Waals surface area contributed by atoms with Gasteiger partial charge in [-0.25, -0.2) is 0 Å². The summed E-state index contributed by atoms with van der Waals surface area (Å²) in [6, 6.07) is 13.1. The van der Waals surface area contributed by atoms with E-state index in [1.165, 1.54) is 0 Å². The summed E-state index contributed by atoms with van der Waals surface area (Å²) in [5.74, 6) is 1.13. The monoisotopic (exact) mass is 337 g/mol. The molecule has 1 aliphatic heterocycles. The molecule has 0 saturated heterocycles. The number of carbonyl (C=O) groups excluding carboxylic acids is 1. The highest BCUT2D eigenvalue weighted by molar-refractivity contribution is 6.12. The van der Waals surface area contributed by atoms with Crippen molar-refractivity contribution in [3.63, 3.8) is 0 Å². The van der Waals surface area contributed by atoms with Crippen molar-refractivity contribution in [1.82, 2.24) is 0 Å². The summed E-state index contributed by atoms with van der Waals surface area (Å²) in [6.45, 7) is 6.11. The smallest absolute Gasteiger partial charge is 0.262 e. The normalized spacial score (nSPS) is 15.2. The molecule has 2 aromatic carbocycles. The fraction of sp³-hybridized carbons (Fsp3) is 0.286. The zero-order chi connectivity index (χ0) is 18.2. The first-order valence-electron chi connectivity index (χ1n) is 8.25. The van der Waals surface area contributed by atoms with Gasteiger partial charge in [-0.3, -0.25) is 9.69 Å². The van der Waals surface area contributed by atoms with Crippen LogP contribution in [-0.2, 0) is 0 Å². The average molecular weight is 337 g/mol. The molecule has 25 heavy (non-hydrogen) atoms. The van der Waals surface area contributed by atoms with Crippen LogP contribution in [0.3, 0.4) is 0 Å². The van der Waals surface area contributed by atoms with Gasteiger partial charge in [-0.15, -0.1) is 0 Å². The number of rotatable bonds is 3. The van der Waals surface area contributed by atoms with Crippen molar-refractivity contribution in [3.05, 3.63) is 59.7 Å². The Hall–Kier alpha value is -2.75. The Bertz CT molecular complexity index is 852. The van der Waals surface area contributed by atoms with Gasteiger partial charge in [0.15, 0.2) is 0 Å². The predicted molar refractivity (Wildman–Crippen MR) is 101 cm³/mol. The predicted octanol–water partition coefficient (Wildman–Crippen LogP) is 4.55. The minimum Gasteiger partial charge on any atom is -0.496 e. The van der Waals surface area contributed by atoms with Crippen LogP contribution in [0.4, 0.5) is 5.69 Å². The van der Waals surface area contributed by atoms with Crippen molar-refractivity contribution in [2.24, 2.45) is 0 Å². The molecule has 0 atom stereocenters. The van der Waals surface area contributed by atoms with Gasteiger partial charge in [0, 0.05) is 5.56 Å². The molecule has 1 amide bonds. The van der Waals surface area contributed by atoms with Gasteiger partial charge in [0.25, 0.3) is 5.91 Å². The second kappa shape index (κ2) is 6.28. The number of amides is 1. The van der Waals surface area contributed by atoms with Crippen LogP contribution in [0.25, 0.3) is 5.57 Å². The summed E-state index contributed by atoms with van der Waals surface area (Å²) in [5.41, 5.74) is 2.96. The Morgan fingerprint density at radius 2 is 1.60 bits per heavy atom. The Labute approximate surface area is 148 Å². The number of anilines is 1. The quantitative estimate of drug-likeness (QED) is 0.825. The van der Waals surface area contributed by atoms with Crippen molar-refractivity contribution in [2.75, 3.05) is 19.1 Å². The molecular weight excluding hydrogens is 314 g/mol. The number of allylic oxidation sites excluding steroid dienone is 1. The van der Waals surface area contributed by atoms with Gasteiger partial charge in [0.05, 0.1) is 31.0 Å². The number of para-hydroxylation sites is 2. The fourth-order valence-electron chi connectivity index (χ4n) is 3.50. The standard InChI is InChI=1S/C21H23NO3/c1-14-13-21(2,3)22(19-15(14)10-8-12-18(19)25-5)20(23)16-9-6-7-11-17(16)24-4/h6-13H,1-5H3. The third kappa shape index (κ3) is 2.78. The van der Waals surface area contributed by atoms with Crippen LogP contribution >= 0.6 is 0 Å². The van der Waals surface area contributed by atoms with Crippen LogP contribution in [0.1, 0.15) is 36.7 Å². The molecule has 4 nitrogen and oxygen atoms in total. The van der Waals surface area contributed by atoms with E-state index >= 15 is 0 Å². The van der Waals surface area contributed by atoms with Gasteiger partial charge in [0.1, 0.15) is 11.5 Å². The zero-order valence-corrected chi connectivity index (χ0v) is 15.3. The number of nitrogens with zero attached hydrogens (tertiary/aromatic N) is 1. The Balaban J connectivity index is 2.23. The van der Waals surface area contributed by atoms with Crippen molar-refractivity contribution in [1.29, 1.82) is 0 Å². The highest BCUT2D eigenvalue weighted by atomic mass is 16.5. The van der Waals surface area contributed by atoms with Gasteiger partial charge in [-0.1, -0.05) is 30.3 Å². The lowest BCUT2D eigenvalue weighted by molar-refractivity contribution is 0.0966. The maximum absolute atomic E-state index is 13.5. The number of hydrogen-bond acceptors (Lipinski definition) is 3. The summed E-state index contributed by atoms with van der Waals surface area (Å²) in [5, 5.41) is 0. The van der Waals surface area contributed by atoms with Crippen LogP contribution in [-0.4, -0.2) is 25.7 Å². The van der Waals surface area contributed by atoms with Gasteiger partial charge >= 0.3 is 0 Å². The number of hydrogen-bond donors (Lipinski definition) is 0. The highest BCUT2D eigenvalue weighted by Gasteiger charge is 2.38. The number of carbonyl (C=O) groups is 1. The molecule has 0 spiro atoms. The van der Waals surface area contributed by atoms with E-state index in [4.69, 9.17) is 9.47 Å². The number of benzene rings is 2. The van der Waals surface area contributed by atoms with E-state index in [2.05, 4.69) is 13.0 Å². The topological polar surface area (TPSA) is 38.8 Å². The molecule has 0 radical (unpaired) electrons. The van der Waals surface area contributed by atoms with Gasteiger partial charge in [-0.05, 0) is 44.5 Å². The zero-order valence-electron chi connectivity index (χ0n) is 15.3. The van der Waals surface area contributed by atoms with Crippen molar-refractivity contribution < 1.29 is 14.3 Å². The molecule has 0 fully saturated rings. The van der Waals surface area contributed by atoms with E-state index in [1.807, 2.05) is 44.2 Å². The molecule has 0 N–H and O–H groups in total. The first-order chi connectivity index (χ1) is 11.9. The molecule has 0 aliphatic carbocycles. The molecule has 4 heteroatoms. The van der Waals surface area contributed by atoms with E-state index in [0.29, 0.717) is 17.1 Å². The molecule has 130 valence electrons. The molecule has 1 aliphatic rings. The molecule has 2 aromatic rings. The molecule has 0 unspecified atom stereocenters. The lowest BCUT2D eigenvalue weighted by Gasteiger charge is -2.42. The number of fused-ring (bicyclic) bond motifs is 1. The second-order valence-electron chi connectivity index (χ2n) is 6.68. The average Bonchev–Trinajstić information content (AvgIpc) is 2.60. The van der Waals surface area contributed by atoms with Gasteiger partial charge < -0.3 is 9.47 Å². The molecule has 3 rings (SSSR count). The lowest BCUT2D eigenvalue weighted by Crippen LogP contribution is -2.49. The Morgan fingerprint density at radius 1 is 0.960 bits per heavy atom. The van der Waals surface area contributed by atoms with Crippen LogP contribution in [0.15, 0.2) is 48.5 Å². The molecule has 0 bridgehead atoms. The highest BCUT2D eigenvalue weighted by Crippen LogP contribution is 2.45. The summed E-state index contributed by atoms with van der Waals surface area (Å²) >= 11 is 0. The van der Waals surface area contributed by atoms with Crippen molar-refractivity contribution in [2.45, 2.75) is 26.3 Å². The minimum absolute atomic E-state index is 0.114. The van der Waals surface area contributed by atoms with E-state index in [1.54, 1.807) is 31.3 Å². The molecular formula is C21H23NO3. The van der Waals surface area contributed by atoms with Crippen LogP contribution in [0, 0.1) is 0 Å². The first-order valence-corrected chi connectivity index (χ1v) is 8.25. The Morgan fingerprint density at radius 3 is 2.28 bits per heavy atom. The molecule has 0 saturated carbocycles. The van der Waals surface area contributed by atoms with E-state index in [0.717, 1.165) is 16.8 Å². The van der Waals surface area contributed by atoms with Gasteiger partial charge in [0.2, 0.25) is 0 Å². The van der Waals surface area contributed by atoms with Crippen LogP contribution in [0.2, 0.25) is 0 Å². The minimum atomic E-state index is -0.496. The summed E-state index contributed by atoms with van der Waals surface area (Å²) in [4.78, 5) is 15.3. The summed E-state index contributed by atoms with van der Waals surface area (Å²) < 4.78 is 11.0. The van der Waals surface area contributed by atoms with E-state index in [9.17, 15) is 4.79 Å². The summed E-state index contributed by atoms with van der Waals surface area (Å²) in [7, 11) is 3.20. The van der Waals surface area contributed by atoms with Crippen molar-refractivity contribution in [3.8, 4) is 11.5 Å². The maximum Gasteiger partial charge on any atom is 0.262 e. The lowest BCUT2D eigenvalue weighted by atomic mass is 9.87. The van der Waals surface area contributed by atoms with Gasteiger partial charge in [-0.2, -0.15) is 0 Å². The number of ether oxygens (including phenoxy) is 2. The third-order valence-electron chi connectivity index (χ3n) is 4.55. The third-order valence-corrected chi connectivity index (χ3v) is 4.55. The maximum atomic E-state index is 13.5. The van der Waals surface area contributed by atoms with E-state index < -0.39 is 5.54 Å². The SMILES string of the molecule is COc1ccccc1C(=O)N1c2c(OC)cccc2C(C)=CC1(C)C. The second-order valence-corrected chi connectivity index (χ2v) is 6.68. The molecule has 1 heterocycles. The summed E-state index contributed by atoms with van der Waals surface area (Å²) in [6.07, 6.45) is 2.11. The van der Waals surface area contributed by atoms with E-state index in [-0.39, 0.29) is 5.91 Å². The first kappa shape index (κ1) is 17.1. The Kier molecular flexibility index (Phi) is 4.29. The molecule has 0 aromatic heterocycles. The van der Waals surface area contributed by atoms with Crippen molar-refractivity contribution >= 4 is 17.2 Å². The van der Waals surface area contributed by atoms with Crippen LogP contribution < -0.4 is 14.4 Å². The van der Waals surface area contributed by atoms with Crippen LogP contribution in [0.5, 0.6) is 11.5 Å². The fourth-order valence-corrected chi connectivity index (χ4v) is 3.50. The number of methoxy groups -OCH3 is 2.